The van der Waals surface area contributed by atoms with E-state index in [-0.39, 0.29) is 6.03 Å². The Kier molecular flexibility index (Phi) is 5.44. The van der Waals surface area contributed by atoms with Crippen molar-refractivity contribution in [2.75, 3.05) is 31.5 Å². The van der Waals surface area contributed by atoms with E-state index in [1.807, 2.05) is 36.1 Å². The lowest BCUT2D eigenvalue weighted by molar-refractivity contribution is 0.0383. The summed E-state index contributed by atoms with van der Waals surface area (Å²) >= 11 is 0. The summed E-state index contributed by atoms with van der Waals surface area (Å²) in [5.41, 5.74) is 3.50. The predicted octanol–water partition coefficient (Wildman–Crippen LogP) is 4.17. The van der Waals surface area contributed by atoms with E-state index in [0.717, 1.165) is 43.3 Å². The number of carbonyl (C=O) groups is 1. The molecule has 2 heterocycles. The number of benzene rings is 2. The van der Waals surface area contributed by atoms with Crippen LogP contribution in [0.3, 0.4) is 0 Å². The molecule has 2 amide bonds. The number of urea groups is 1. The molecule has 27 heavy (non-hydrogen) atoms. The van der Waals surface area contributed by atoms with Gasteiger partial charge in [-0.25, -0.2) is 4.79 Å². The monoisotopic (exact) mass is 363 g/mol. The van der Waals surface area contributed by atoms with Crippen LogP contribution in [0.2, 0.25) is 0 Å². The number of rotatable bonds is 4. The molecular weight excluding hydrogens is 334 g/mol. The first-order valence-electron chi connectivity index (χ1n) is 10.1. The number of carbonyl (C=O) groups excluding carboxylic acids is 1. The number of nitrogens with one attached hydrogen (secondary N) is 1. The van der Waals surface area contributed by atoms with Gasteiger partial charge in [0.25, 0.3) is 0 Å². The molecule has 4 rings (SSSR count). The summed E-state index contributed by atoms with van der Waals surface area (Å²) in [6.45, 7) is 6.06. The lowest BCUT2D eigenvalue weighted by Crippen LogP contribution is -2.63. The molecular formula is C23H29N3O. The summed E-state index contributed by atoms with van der Waals surface area (Å²) in [6, 6.07) is 19.4. The minimum absolute atomic E-state index is 0.0239. The molecule has 0 aromatic heterocycles. The van der Waals surface area contributed by atoms with Crippen LogP contribution in [0.15, 0.2) is 54.6 Å². The fourth-order valence-corrected chi connectivity index (χ4v) is 4.25. The van der Waals surface area contributed by atoms with Gasteiger partial charge in [0.15, 0.2) is 0 Å². The van der Waals surface area contributed by atoms with Crippen molar-refractivity contribution >= 4 is 11.7 Å². The summed E-state index contributed by atoms with van der Waals surface area (Å²) in [5.74, 6) is 0.796. The lowest BCUT2D eigenvalue weighted by Gasteiger charge is -2.47. The second-order valence-corrected chi connectivity index (χ2v) is 8.03. The first-order chi connectivity index (χ1) is 13.2. The van der Waals surface area contributed by atoms with Gasteiger partial charge in [0, 0.05) is 24.8 Å². The second kappa shape index (κ2) is 8.13. The minimum atomic E-state index is 0.0239. The van der Waals surface area contributed by atoms with Crippen LogP contribution in [0.5, 0.6) is 0 Å². The Bertz CT molecular complexity index is 762. The molecule has 2 saturated heterocycles. The van der Waals surface area contributed by atoms with Crippen molar-refractivity contribution in [3.05, 3.63) is 65.7 Å². The van der Waals surface area contributed by atoms with Gasteiger partial charge >= 0.3 is 6.03 Å². The molecule has 2 aromatic carbocycles. The van der Waals surface area contributed by atoms with Gasteiger partial charge < -0.3 is 10.2 Å². The molecule has 2 aromatic rings. The first kappa shape index (κ1) is 18.1. The topological polar surface area (TPSA) is 35.6 Å². The van der Waals surface area contributed by atoms with Crippen molar-refractivity contribution in [2.24, 2.45) is 5.92 Å². The number of aryl methyl sites for hydroxylation is 1. The van der Waals surface area contributed by atoms with Crippen LogP contribution in [0.4, 0.5) is 10.5 Å². The highest BCUT2D eigenvalue weighted by Crippen LogP contribution is 2.26. The third-order valence-corrected chi connectivity index (χ3v) is 5.95. The van der Waals surface area contributed by atoms with E-state index in [9.17, 15) is 4.79 Å². The van der Waals surface area contributed by atoms with Crippen LogP contribution in [-0.4, -0.2) is 48.1 Å². The van der Waals surface area contributed by atoms with E-state index in [1.54, 1.807) is 0 Å². The van der Waals surface area contributed by atoms with Crippen molar-refractivity contribution in [2.45, 2.75) is 32.2 Å². The predicted molar refractivity (Wildman–Crippen MR) is 110 cm³/mol. The van der Waals surface area contributed by atoms with Crippen LogP contribution in [-0.2, 0) is 6.42 Å². The molecule has 0 radical (unpaired) electrons. The summed E-state index contributed by atoms with van der Waals surface area (Å²) in [6.07, 6.45) is 3.73. The third-order valence-electron chi connectivity index (χ3n) is 5.95. The molecule has 4 heteroatoms. The molecule has 4 nitrogen and oxygen atoms in total. The lowest BCUT2D eigenvalue weighted by atomic mass is 9.89. The van der Waals surface area contributed by atoms with Crippen molar-refractivity contribution in [3.8, 4) is 0 Å². The standard InChI is InChI=1S/C23H29N3O/c1-18-6-5-9-21(14-18)24-23(27)26-16-22(17-26)25-12-10-20(11-13-25)15-19-7-3-2-4-8-19/h2-9,14,20,22H,10-13,15-17H2,1H3,(H,24,27). The Morgan fingerprint density at radius 2 is 1.78 bits per heavy atom. The zero-order chi connectivity index (χ0) is 18.6. The fourth-order valence-electron chi connectivity index (χ4n) is 4.25. The Morgan fingerprint density at radius 3 is 2.48 bits per heavy atom. The second-order valence-electron chi connectivity index (χ2n) is 8.03. The molecule has 0 spiro atoms. The van der Waals surface area contributed by atoms with Crippen LogP contribution >= 0.6 is 0 Å². The van der Waals surface area contributed by atoms with Gasteiger partial charge in [-0.1, -0.05) is 42.5 Å². The summed E-state index contributed by atoms with van der Waals surface area (Å²) < 4.78 is 0. The van der Waals surface area contributed by atoms with Gasteiger partial charge in [0.1, 0.15) is 0 Å². The molecule has 0 atom stereocenters. The van der Waals surface area contributed by atoms with E-state index in [0.29, 0.717) is 6.04 Å². The average molecular weight is 364 g/mol. The van der Waals surface area contributed by atoms with Gasteiger partial charge in [-0.05, 0) is 68.5 Å². The highest BCUT2D eigenvalue weighted by Gasteiger charge is 2.36. The highest BCUT2D eigenvalue weighted by atomic mass is 16.2. The highest BCUT2D eigenvalue weighted by molar-refractivity contribution is 5.90. The summed E-state index contributed by atoms with van der Waals surface area (Å²) in [5, 5.41) is 3.01. The van der Waals surface area contributed by atoms with E-state index < -0.39 is 0 Å². The molecule has 2 aliphatic rings. The Morgan fingerprint density at radius 1 is 1.04 bits per heavy atom. The Balaban J connectivity index is 1.20. The molecule has 2 aliphatic heterocycles. The molecule has 1 N–H and O–H groups in total. The molecule has 142 valence electrons. The maximum absolute atomic E-state index is 12.4. The number of piperidine rings is 1. The fraction of sp³-hybridized carbons (Fsp3) is 0.435. The van der Waals surface area contributed by atoms with E-state index in [2.05, 4.69) is 40.5 Å². The third kappa shape index (κ3) is 4.51. The summed E-state index contributed by atoms with van der Waals surface area (Å²) in [4.78, 5) is 16.9. The van der Waals surface area contributed by atoms with Crippen molar-refractivity contribution in [3.63, 3.8) is 0 Å². The van der Waals surface area contributed by atoms with Crippen molar-refractivity contribution < 1.29 is 4.79 Å². The largest absolute Gasteiger partial charge is 0.321 e. The zero-order valence-electron chi connectivity index (χ0n) is 16.1. The van der Waals surface area contributed by atoms with Crippen LogP contribution in [0.1, 0.15) is 24.0 Å². The zero-order valence-corrected chi connectivity index (χ0v) is 16.1. The van der Waals surface area contributed by atoms with Gasteiger partial charge in [-0.15, -0.1) is 0 Å². The number of amides is 2. The molecule has 0 aliphatic carbocycles. The minimum Gasteiger partial charge on any atom is -0.321 e. The first-order valence-corrected chi connectivity index (χ1v) is 10.1. The average Bonchev–Trinajstić information content (AvgIpc) is 2.63. The maximum atomic E-state index is 12.4. The summed E-state index contributed by atoms with van der Waals surface area (Å²) in [7, 11) is 0. The van der Waals surface area contributed by atoms with E-state index in [4.69, 9.17) is 0 Å². The Hall–Kier alpha value is -2.33. The van der Waals surface area contributed by atoms with Gasteiger partial charge in [-0.3, -0.25) is 4.90 Å². The number of hydrogen-bond donors (Lipinski definition) is 1. The van der Waals surface area contributed by atoms with Crippen LogP contribution in [0, 0.1) is 12.8 Å². The number of nitrogens with zero attached hydrogens (tertiary/aromatic N) is 2. The maximum Gasteiger partial charge on any atom is 0.321 e. The van der Waals surface area contributed by atoms with Crippen LogP contribution < -0.4 is 5.32 Å². The quantitative estimate of drug-likeness (QED) is 0.885. The van der Waals surface area contributed by atoms with Gasteiger partial charge in [-0.2, -0.15) is 0 Å². The number of likely N-dealkylation sites (tertiary alicyclic amines) is 2. The molecule has 0 saturated carbocycles. The van der Waals surface area contributed by atoms with Crippen LogP contribution in [0.25, 0.3) is 0 Å². The van der Waals surface area contributed by atoms with Gasteiger partial charge in [0.2, 0.25) is 0 Å². The normalized spacial score (nSPS) is 18.9. The number of anilines is 1. The number of hydrogen-bond acceptors (Lipinski definition) is 2. The van der Waals surface area contributed by atoms with Crippen molar-refractivity contribution in [1.29, 1.82) is 0 Å². The molecule has 0 bridgehead atoms. The Labute approximate surface area is 162 Å². The van der Waals surface area contributed by atoms with Gasteiger partial charge in [0.05, 0.1) is 0 Å². The van der Waals surface area contributed by atoms with E-state index >= 15 is 0 Å². The molecule has 0 unspecified atom stereocenters. The van der Waals surface area contributed by atoms with E-state index in [1.165, 1.54) is 24.8 Å². The SMILES string of the molecule is Cc1cccc(NC(=O)N2CC(N3CCC(Cc4ccccc4)CC3)C2)c1. The van der Waals surface area contributed by atoms with Crippen molar-refractivity contribution in [1.82, 2.24) is 9.80 Å². The smallest absolute Gasteiger partial charge is 0.321 e. The molecule has 2 fully saturated rings.